The number of hydrogen-bond acceptors (Lipinski definition) is 5. The Morgan fingerprint density at radius 3 is 2.44 bits per heavy atom. The van der Waals surface area contributed by atoms with Crippen LogP contribution in [0.15, 0.2) is 59.6 Å². The molecule has 0 aromatic heterocycles. The monoisotopic (exact) mass is 489 g/mol. The number of hydrogen-bond donors (Lipinski definition) is 0. The third-order valence-electron chi connectivity index (χ3n) is 7.08. The van der Waals surface area contributed by atoms with Gasteiger partial charge in [0.05, 0.1) is 18.0 Å². The second kappa shape index (κ2) is 12.0. The standard InChI is InChI=1S/C29H35N3O4/c1-3-36-26(34)20-32(25(33)19-18-21-12-6-4-7-13-21)28-29(35)31(2)24-17-11-10-16-23(24)27(30-28)22-14-8-5-9-15-22/h5,8-11,14-17,21,28H,3-4,6-7,12-13,18-20H2,1-2H3. The molecular formula is C29H35N3O4. The van der Waals surface area contributed by atoms with Crippen molar-refractivity contribution in [2.45, 2.75) is 58.0 Å². The van der Waals surface area contributed by atoms with Crippen LogP contribution in [0, 0.1) is 5.92 Å². The Balaban J connectivity index is 1.72. The molecule has 7 nitrogen and oxygen atoms in total. The van der Waals surface area contributed by atoms with E-state index in [4.69, 9.17) is 9.73 Å². The highest BCUT2D eigenvalue weighted by molar-refractivity contribution is 6.20. The third kappa shape index (κ3) is 5.83. The predicted molar refractivity (Wildman–Crippen MR) is 140 cm³/mol. The Labute approximate surface area is 213 Å². The second-order valence-electron chi connectivity index (χ2n) is 9.50. The molecule has 2 aromatic rings. The Morgan fingerprint density at radius 2 is 1.72 bits per heavy atom. The number of carbonyl (C=O) groups excluding carboxylic acids is 3. The zero-order valence-electron chi connectivity index (χ0n) is 21.2. The summed E-state index contributed by atoms with van der Waals surface area (Å²) in [5.74, 6) is -0.643. The zero-order chi connectivity index (χ0) is 25.5. The van der Waals surface area contributed by atoms with Gasteiger partial charge in [0.2, 0.25) is 12.1 Å². The molecule has 1 heterocycles. The molecule has 0 spiro atoms. The lowest BCUT2D eigenvalue weighted by molar-refractivity contribution is -0.152. The summed E-state index contributed by atoms with van der Waals surface area (Å²) in [6, 6.07) is 17.2. The van der Waals surface area contributed by atoms with Crippen LogP contribution in [0.25, 0.3) is 0 Å². The van der Waals surface area contributed by atoms with E-state index in [1.54, 1.807) is 14.0 Å². The minimum Gasteiger partial charge on any atom is -0.465 e. The van der Waals surface area contributed by atoms with Gasteiger partial charge in [0.25, 0.3) is 5.91 Å². The molecule has 4 rings (SSSR count). The van der Waals surface area contributed by atoms with Crippen molar-refractivity contribution in [1.29, 1.82) is 0 Å². The van der Waals surface area contributed by atoms with Crippen LogP contribution in [0.5, 0.6) is 0 Å². The highest BCUT2D eigenvalue weighted by Crippen LogP contribution is 2.30. The predicted octanol–water partition coefficient (Wildman–Crippen LogP) is 4.58. The summed E-state index contributed by atoms with van der Waals surface area (Å²) in [6.07, 6.45) is 5.76. The first-order valence-corrected chi connectivity index (χ1v) is 12.9. The van der Waals surface area contributed by atoms with Crippen molar-refractivity contribution in [2.75, 3.05) is 25.1 Å². The number of amides is 2. The molecule has 0 radical (unpaired) electrons. The van der Waals surface area contributed by atoms with Gasteiger partial charge in [-0.1, -0.05) is 80.6 Å². The quantitative estimate of drug-likeness (QED) is 0.509. The van der Waals surface area contributed by atoms with E-state index >= 15 is 0 Å². The number of benzodiazepines with no additional fused rings is 1. The smallest absolute Gasteiger partial charge is 0.325 e. The zero-order valence-corrected chi connectivity index (χ0v) is 21.2. The summed E-state index contributed by atoms with van der Waals surface area (Å²) in [4.78, 5) is 47.6. The molecule has 2 aromatic carbocycles. The van der Waals surface area contributed by atoms with Gasteiger partial charge in [0.1, 0.15) is 6.54 Å². The number of esters is 1. The Bertz CT molecular complexity index is 1110. The summed E-state index contributed by atoms with van der Waals surface area (Å²) in [7, 11) is 1.69. The van der Waals surface area contributed by atoms with E-state index in [0.29, 0.717) is 17.3 Å². The van der Waals surface area contributed by atoms with Gasteiger partial charge in [0, 0.05) is 24.6 Å². The Hall–Kier alpha value is -3.48. The van der Waals surface area contributed by atoms with Crippen molar-refractivity contribution in [3.05, 3.63) is 65.7 Å². The number of ether oxygens (including phenoxy) is 1. The fraction of sp³-hybridized carbons (Fsp3) is 0.448. The molecule has 0 N–H and O–H groups in total. The second-order valence-corrected chi connectivity index (χ2v) is 9.50. The molecule has 1 aliphatic heterocycles. The van der Waals surface area contributed by atoms with E-state index in [-0.39, 0.29) is 31.4 Å². The molecule has 1 atom stereocenters. The van der Waals surface area contributed by atoms with E-state index in [9.17, 15) is 14.4 Å². The van der Waals surface area contributed by atoms with E-state index in [2.05, 4.69) is 0 Å². The van der Waals surface area contributed by atoms with Crippen LogP contribution in [-0.4, -0.2) is 54.8 Å². The van der Waals surface area contributed by atoms with Crippen molar-refractivity contribution >= 4 is 29.2 Å². The number of benzene rings is 2. The van der Waals surface area contributed by atoms with Crippen LogP contribution in [-0.2, 0) is 19.1 Å². The van der Waals surface area contributed by atoms with Gasteiger partial charge in [-0.05, 0) is 25.3 Å². The topological polar surface area (TPSA) is 79.3 Å². The molecule has 7 heteroatoms. The Morgan fingerprint density at radius 1 is 1.03 bits per heavy atom. The third-order valence-corrected chi connectivity index (χ3v) is 7.08. The van der Waals surface area contributed by atoms with Crippen molar-refractivity contribution in [2.24, 2.45) is 10.9 Å². The van der Waals surface area contributed by atoms with Crippen LogP contribution >= 0.6 is 0 Å². The van der Waals surface area contributed by atoms with Crippen LogP contribution in [0.4, 0.5) is 5.69 Å². The molecule has 2 amide bonds. The van der Waals surface area contributed by atoms with Crippen molar-refractivity contribution in [3.63, 3.8) is 0 Å². The molecule has 1 aliphatic carbocycles. The number of aliphatic imine (C=N–C) groups is 1. The van der Waals surface area contributed by atoms with Gasteiger partial charge < -0.3 is 14.5 Å². The van der Waals surface area contributed by atoms with Crippen LogP contribution in [0.3, 0.4) is 0 Å². The van der Waals surface area contributed by atoms with E-state index < -0.39 is 12.1 Å². The molecule has 2 aliphatic rings. The lowest BCUT2D eigenvalue weighted by Crippen LogP contribution is -2.51. The highest BCUT2D eigenvalue weighted by atomic mass is 16.5. The van der Waals surface area contributed by atoms with Crippen LogP contribution in [0.2, 0.25) is 0 Å². The summed E-state index contributed by atoms with van der Waals surface area (Å²) >= 11 is 0. The van der Waals surface area contributed by atoms with Gasteiger partial charge in [-0.3, -0.25) is 14.4 Å². The van der Waals surface area contributed by atoms with Crippen molar-refractivity contribution in [3.8, 4) is 0 Å². The minimum absolute atomic E-state index is 0.200. The van der Waals surface area contributed by atoms with Gasteiger partial charge in [-0.2, -0.15) is 0 Å². The van der Waals surface area contributed by atoms with Gasteiger partial charge in [-0.25, -0.2) is 4.99 Å². The molecular weight excluding hydrogens is 454 g/mol. The first kappa shape index (κ1) is 25.6. The number of nitrogens with zero attached hydrogens (tertiary/aromatic N) is 3. The Kier molecular flexibility index (Phi) is 8.52. The van der Waals surface area contributed by atoms with E-state index in [0.717, 1.165) is 30.4 Å². The average molecular weight is 490 g/mol. The number of para-hydroxylation sites is 1. The summed E-state index contributed by atoms with van der Waals surface area (Å²) in [5, 5.41) is 0. The number of fused-ring (bicyclic) bond motifs is 1. The lowest BCUT2D eigenvalue weighted by atomic mass is 9.86. The van der Waals surface area contributed by atoms with Crippen molar-refractivity contribution in [1.82, 2.24) is 4.90 Å². The minimum atomic E-state index is -1.17. The molecule has 0 bridgehead atoms. The molecule has 0 saturated heterocycles. The first-order valence-electron chi connectivity index (χ1n) is 12.9. The maximum Gasteiger partial charge on any atom is 0.325 e. The average Bonchev–Trinajstić information content (AvgIpc) is 3.02. The number of rotatable bonds is 8. The van der Waals surface area contributed by atoms with Crippen LogP contribution in [0.1, 0.15) is 63.0 Å². The molecule has 190 valence electrons. The fourth-order valence-corrected chi connectivity index (χ4v) is 5.14. The largest absolute Gasteiger partial charge is 0.465 e. The maximum absolute atomic E-state index is 13.7. The highest BCUT2D eigenvalue weighted by Gasteiger charge is 2.37. The first-order chi connectivity index (χ1) is 17.5. The maximum atomic E-state index is 13.7. The number of carbonyl (C=O) groups is 3. The van der Waals surface area contributed by atoms with E-state index in [1.807, 2.05) is 54.6 Å². The number of likely N-dealkylation sites (N-methyl/N-ethyl adjacent to an activating group) is 1. The van der Waals surface area contributed by atoms with Gasteiger partial charge in [0.15, 0.2) is 0 Å². The molecule has 1 unspecified atom stereocenters. The molecule has 36 heavy (non-hydrogen) atoms. The lowest BCUT2D eigenvalue weighted by Gasteiger charge is -2.30. The van der Waals surface area contributed by atoms with Gasteiger partial charge in [-0.15, -0.1) is 0 Å². The molecule has 1 fully saturated rings. The SMILES string of the molecule is CCOC(=O)CN(C(=O)CCC1CCCCC1)C1N=C(c2ccccc2)c2ccccc2N(C)C1=O. The summed E-state index contributed by atoms with van der Waals surface area (Å²) in [6.45, 7) is 1.61. The van der Waals surface area contributed by atoms with Crippen LogP contribution < -0.4 is 4.90 Å². The summed E-state index contributed by atoms with van der Waals surface area (Å²) < 4.78 is 5.17. The summed E-state index contributed by atoms with van der Waals surface area (Å²) in [5.41, 5.74) is 2.96. The fourth-order valence-electron chi connectivity index (χ4n) is 5.14. The normalized spacial score (nSPS) is 18.2. The molecule has 1 saturated carbocycles. The van der Waals surface area contributed by atoms with Gasteiger partial charge >= 0.3 is 5.97 Å². The number of anilines is 1. The van der Waals surface area contributed by atoms with Crippen molar-refractivity contribution < 1.29 is 19.1 Å². The van der Waals surface area contributed by atoms with E-state index in [1.165, 1.54) is 29.1 Å².